The Morgan fingerprint density at radius 2 is 1.67 bits per heavy atom. The van der Waals surface area contributed by atoms with Crippen LogP contribution in [-0.4, -0.2) is 33.6 Å². The Morgan fingerprint density at radius 3 is 2.33 bits per heavy atom. The molecule has 1 aliphatic heterocycles. The second-order valence-electron chi connectivity index (χ2n) is 15.6. The normalized spacial score (nSPS) is 40.0. The fourth-order valence-electron chi connectivity index (χ4n) is 10.9. The lowest BCUT2D eigenvalue weighted by Gasteiger charge is -2.59. The van der Waals surface area contributed by atoms with Crippen molar-refractivity contribution in [2.75, 3.05) is 0 Å². The van der Waals surface area contributed by atoms with Gasteiger partial charge >= 0.3 is 5.97 Å². The van der Waals surface area contributed by atoms with E-state index < -0.39 is 27.2 Å². The third-order valence-electron chi connectivity index (χ3n) is 13.1. The number of nitro groups is 2. The third-order valence-corrected chi connectivity index (χ3v) is 13.1. The summed E-state index contributed by atoms with van der Waals surface area (Å²) in [4.78, 5) is 34.3. The number of benzene rings is 1. The van der Waals surface area contributed by atoms with Crippen LogP contribution in [0.5, 0.6) is 0 Å². The maximum atomic E-state index is 13.1. The van der Waals surface area contributed by atoms with Crippen molar-refractivity contribution < 1.29 is 24.1 Å². The molecule has 10 atom stereocenters. The van der Waals surface area contributed by atoms with Crippen LogP contribution in [0.25, 0.3) is 0 Å². The van der Waals surface area contributed by atoms with E-state index in [1.54, 1.807) is 0 Å². The Labute approximate surface area is 254 Å². The molecule has 236 valence electrons. The van der Waals surface area contributed by atoms with Gasteiger partial charge in [0, 0.05) is 24.0 Å². The summed E-state index contributed by atoms with van der Waals surface area (Å²) < 4.78 is 12.5. The van der Waals surface area contributed by atoms with E-state index in [1.165, 1.54) is 44.9 Å². The summed E-state index contributed by atoms with van der Waals surface area (Å²) >= 11 is 0. The van der Waals surface area contributed by atoms with E-state index in [0.717, 1.165) is 54.7 Å². The molecule has 1 saturated heterocycles. The molecule has 1 aromatic carbocycles. The number of epoxide rings is 1. The van der Waals surface area contributed by atoms with Crippen molar-refractivity contribution >= 4 is 17.3 Å². The number of ether oxygens (including phenoxy) is 2. The topological polar surface area (TPSA) is 125 Å². The van der Waals surface area contributed by atoms with E-state index in [-0.39, 0.29) is 28.8 Å². The van der Waals surface area contributed by atoms with Crippen molar-refractivity contribution in [3.63, 3.8) is 0 Å². The monoisotopic (exact) mass is 596 g/mol. The minimum atomic E-state index is -0.754. The molecule has 5 aliphatic rings. The van der Waals surface area contributed by atoms with E-state index in [0.29, 0.717) is 30.1 Å². The molecule has 0 N–H and O–H groups in total. The third kappa shape index (κ3) is 4.98. The van der Waals surface area contributed by atoms with Crippen molar-refractivity contribution in [1.82, 2.24) is 0 Å². The van der Waals surface area contributed by atoms with Gasteiger partial charge in [0.2, 0.25) is 0 Å². The second-order valence-corrected chi connectivity index (χ2v) is 15.6. The quantitative estimate of drug-likeness (QED) is 0.121. The summed E-state index contributed by atoms with van der Waals surface area (Å²) in [5.74, 6) is 3.65. The van der Waals surface area contributed by atoms with Crippen LogP contribution in [0.15, 0.2) is 18.2 Å². The molecule has 9 nitrogen and oxygen atoms in total. The average molecular weight is 597 g/mol. The van der Waals surface area contributed by atoms with E-state index in [9.17, 15) is 25.0 Å². The van der Waals surface area contributed by atoms with Crippen molar-refractivity contribution in [1.29, 1.82) is 0 Å². The molecule has 5 fully saturated rings. The molecule has 1 aromatic rings. The number of hydrogen-bond donors (Lipinski definition) is 0. The van der Waals surface area contributed by atoms with Crippen LogP contribution in [0, 0.1) is 66.6 Å². The summed E-state index contributed by atoms with van der Waals surface area (Å²) in [5, 5.41) is 22.6. The van der Waals surface area contributed by atoms with Crippen LogP contribution in [0.1, 0.15) is 116 Å². The Balaban J connectivity index is 1.14. The number of carbonyl (C=O) groups is 1. The van der Waals surface area contributed by atoms with Crippen LogP contribution in [0.3, 0.4) is 0 Å². The Morgan fingerprint density at radius 1 is 0.977 bits per heavy atom. The van der Waals surface area contributed by atoms with Crippen LogP contribution in [-0.2, 0) is 9.47 Å². The first-order chi connectivity index (χ1) is 20.3. The first-order valence-corrected chi connectivity index (χ1v) is 16.6. The zero-order valence-corrected chi connectivity index (χ0v) is 26.4. The number of nitro benzene ring substituents is 2. The van der Waals surface area contributed by atoms with Gasteiger partial charge in [0.05, 0.1) is 27.6 Å². The second kappa shape index (κ2) is 10.8. The summed E-state index contributed by atoms with van der Waals surface area (Å²) in [6.07, 6.45) is 12.4. The molecule has 0 aromatic heterocycles. The number of fused-ring (bicyclic) bond motifs is 4. The highest BCUT2D eigenvalue weighted by Gasteiger charge is 2.76. The maximum absolute atomic E-state index is 13.1. The average Bonchev–Trinajstić information content (AvgIpc) is 3.53. The first kappa shape index (κ1) is 30.5. The van der Waals surface area contributed by atoms with Gasteiger partial charge in [-0.25, -0.2) is 4.79 Å². The Kier molecular flexibility index (Phi) is 7.66. The molecule has 0 bridgehead atoms. The van der Waals surface area contributed by atoms with Crippen molar-refractivity contribution in [3.8, 4) is 0 Å². The van der Waals surface area contributed by atoms with Crippen LogP contribution >= 0.6 is 0 Å². The molecule has 0 radical (unpaired) electrons. The number of carbonyl (C=O) groups excluding carboxylic acids is 1. The molecule has 43 heavy (non-hydrogen) atoms. The van der Waals surface area contributed by atoms with Crippen LogP contribution in [0.2, 0.25) is 0 Å². The van der Waals surface area contributed by atoms with Crippen LogP contribution < -0.4 is 0 Å². The minimum Gasteiger partial charge on any atom is -0.459 e. The van der Waals surface area contributed by atoms with Gasteiger partial charge in [-0.05, 0) is 85.9 Å². The maximum Gasteiger partial charge on any atom is 0.338 e. The number of hydrogen-bond acceptors (Lipinski definition) is 7. The molecular weight excluding hydrogens is 548 g/mol. The molecule has 1 spiro atoms. The number of rotatable bonds is 9. The van der Waals surface area contributed by atoms with E-state index in [2.05, 4.69) is 34.6 Å². The molecule has 9 heteroatoms. The van der Waals surface area contributed by atoms with Gasteiger partial charge < -0.3 is 9.47 Å². The lowest BCUT2D eigenvalue weighted by Crippen LogP contribution is -2.59. The number of non-ortho nitro benzene ring substituents is 2. The largest absolute Gasteiger partial charge is 0.459 e. The Bertz CT molecular complexity index is 1270. The van der Waals surface area contributed by atoms with E-state index in [4.69, 9.17) is 9.47 Å². The van der Waals surface area contributed by atoms with Crippen molar-refractivity contribution in [3.05, 3.63) is 44.0 Å². The lowest BCUT2D eigenvalue weighted by molar-refractivity contribution is -0.394. The van der Waals surface area contributed by atoms with Gasteiger partial charge in [-0.2, -0.15) is 0 Å². The van der Waals surface area contributed by atoms with Gasteiger partial charge in [0.15, 0.2) is 0 Å². The zero-order chi connectivity index (χ0) is 30.9. The van der Waals surface area contributed by atoms with Crippen molar-refractivity contribution in [2.24, 2.45) is 46.3 Å². The smallest absolute Gasteiger partial charge is 0.338 e. The summed E-state index contributed by atoms with van der Waals surface area (Å²) in [5.41, 5.74) is -0.994. The molecule has 0 unspecified atom stereocenters. The van der Waals surface area contributed by atoms with Gasteiger partial charge in [0.1, 0.15) is 11.7 Å². The summed E-state index contributed by atoms with van der Waals surface area (Å²) in [6.45, 7) is 12.2. The predicted molar refractivity (Wildman–Crippen MR) is 162 cm³/mol. The summed E-state index contributed by atoms with van der Waals surface area (Å²) in [7, 11) is 0. The van der Waals surface area contributed by atoms with E-state index in [1.807, 2.05) is 0 Å². The fourth-order valence-corrected chi connectivity index (χ4v) is 10.9. The fraction of sp³-hybridized carbons (Fsp3) is 0.794. The number of esters is 1. The highest BCUT2D eigenvalue weighted by molar-refractivity contribution is 5.91. The molecule has 6 rings (SSSR count). The van der Waals surface area contributed by atoms with E-state index >= 15 is 0 Å². The van der Waals surface area contributed by atoms with Crippen LogP contribution in [0.4, 0.5) is 11.4 Å². The SMILES string of the molecule is CC(C)CCC[C@H](C)[C@@H]1CC[C@@H]2[C@@H]3C[C@@H]4O[C@@]45C[C@H](OC(=O)c4cc([N+](=O)[O-])cc([N+](=O)[O-])c4)CC[C@]5(C)[C@@H]3CC[C@]21C. The molecule has 4 saturated carbocycles. The Hall–Kier alpha value is -2.55. The van der Waals surface area contributed by atoms with Gasteiger partial charge in [0.25, 0.3) is 11.4 Å². The number of nitrogens with zero attached hydrogens (tertiary/aromatic N) is 2. The minimum absolute atomic E-state index is 0.0378. The molecular formula is C34H48N2O7. The highest BCUT2D eigenvalue weighted by atomic mass is 16.6. The summed E-state index contributed by atoms with van der Waals surface area (Å²) in [6, 6.07) is 2.97. The molecule has 0 amide bonds. The first-order valence-electron chi connectivity index (χ1n) is 16.6. The van der Waals surface area contributed by atoms with Gasteiger partial charge in [-0.3, -0.25) is 20.2 Å². The zero-order valence-electron chi connectivity index (χ0n) is 26.4. The predicted octanol–water partition coefficient (Wildman–Crippen LogP) is 8.28. The lowest BCUT2D eigenvalue weighted by atomic mass is 9.44. The highest BCUT2D eigenvalue weighted by Crippen LogP contribution is 2.74. The molecule has 1 heterocycles. The van der Waals surface area contributed by atoms with Gasteiger partial charge in [-0.15, -0.1) is 0 Å². The standard InChI is InChI=1S/C34H48N2O7/c1-20(2)7-6-8-21(3)27-9-10-28-26-18-30-34(43-30)19-25(11-14-33(34,5)29(26)12-13-32(27,28)4)42-31(37)22-15-23(35(38)39)17-24(16-22)36(40)41/h15-17,20-21,25-30H,6-14,18-19H2,1-5H3/t21-,25+,26-,27-,28+,29+,30-,32-,33+,34-/m0/s1. The molecule has 4 aliphatic carbocycles. The van der Waals surface area contributed by atoms with Gasteiger partial charge in [-0.1, -0.05) is 53.9 Å². The van der Waals surface area contributed by atoms with Crippen molar-refractivity contribution in [2.45, 2.75) is 123 Å².